The first-order chi connectivity index (χ1) is 28.3. The van der Waals surface area contributed by atoms with E-state index in [1.807, 2.05) is 36.4 Å². The van der Waals surface area contributed by atoms with Gasteiger partial charge in [-0.2, -0.15) is 4.98 Å². The summed E-state index contributed by atoms with van der Waals surface area (Å²) in [4.78, 5) is 65.4. The van der Waals surface area contributed by atoms with Crippen LogP contribution in [0.2, 0.25) is 5.02 Å². The zero-order chi connectivity index (χ0) is 41.8. The Labute approximate surface area is 348 Å². The number of ether oxygens (including phenoxy) is 1. The number of piperidine rings is 2. The van der Waals surface area contributed by atoms with Crippen LogP contribution in [0.15, 0.2) is 66.9 Å². The molecule has 3 aliphatic rings. The van der Waals surface area contributed by atoms with Gasteiger partial charge in [-0.3, -0.25) is 29.4 Å². The number of aromatic nitrogens is 2. The van der Waals surface area contributed by atoms with Crippen molar-refractivity contribution in [1.82, 2.24) is 25.1 Å². The number of para-hydroxylation sites is 1. The zero-order valence-corrected chi connectivity index (χ0v) is 35.2. The Morgan fingerprint density at radius 2 is 1.69 bits per heavy atom. The largest absolute Gasteiger partial charge is 0.494 e. The highest BCUT2D eigenvalue weighted by molar-refractivity contribution is 7.70. The second-order valence-electron chi connectivity index (χ2n) is 15.4. The highest BCUT2D eigenvalue weighted by atomic mass is 35.5. The number of hydrogen-bond donors (Lipinski definition) is 4. The van der Waals surface area contributed by atoms with Crippen LogP contribution in [-0.2, 0) is 14.2 Å². The van der Waals surface area contributed by atoms with E-state index in [0.717, 1.165) is 55.9 Å². The molecular formula is C42H49ClN9O6P. The zero-order valence-electron chi connectivity index (χ0n) is 33.6. The van der Waals surface area contributed by atoms with E-state index in [9.17, 15) is 23.7 Å². The third kappa shape index (κ3) is 9.22. The molecule has 0 bridgehead atoms. The van der Waals surface area contributed by atoms with E-state index in [1.54, 1.807) is 38.6 Å². The van der Waals surface area contributed by atoms with Crippen molar-refractivity contribution < 1.29 is 28.5 Å². The molecule has 7 rings (SSSR count). The predicted molar refractivity (Wildman–Crippen MR) is 231 cm³/mol. The fourth-order valence-electron chi connectivity index (χ4n) is 7.91. The number of amides is 4. The number of benzene rings is 3. The first kappa shape index (κ1) is 41.7. The summed E-state index contributed by atoms with van der Waals surface area (Å²) >= 11 is 6.47. The molecule has 310 valence electrons. The van der Waals surface area contributed by atoms with Gasteiger partial charge in [0.15, 0.2) is 5.82 Å². The molecule has 17 heteroatoms. The molecule has 4 N–H and O–H groups in total. The van der Waals surface area contributed by atoms with Crippen LogP contribution in [0.1, 0.15) is 59.2 Å². The number of halogens is 1. The molecule has 0 saturated carbocycles. The SMILES string of the molecule is COc1cc(N2CCC(N(C)CCCCNc3cccc4c3C(=O)N(C3CCC(=O)NC3=O)C4=O)CC2)ccc1Nc1ncc(Cl)c(Nc2ccccc2P(C)(C)=O)n1. The van der Waals surface area contributed by atoms with Crippen molar-refractivity contribution in [2.75, 3.05) is 74.5 Å². The molecule has 15 nitrogen and oxygen atoms in total. The number of carbonyl (C=O) groups is 4. The number of rotatable bonds is 15. The first-order valence-corrected chi connectivity index (χ1v) is 22.7. The molecule has 3 aliphatic heterocycles. The number of imide groups is 2. The first-order valence-electron chi connectivity index (χ1n) is 19.7. The molecule has 0 aliphatic carbocycles. The Balaban J connectivity index is 0.881. The van der Waals surface area contributed by atoms with Crippen LogP contribution in [0.3, 0.4) is 0 Å². The van der Waals surface area contributed by atoms with Crippen molar-refractivity contribution in [3.05, 3.63) is 83.0 Å². The maximum Gasteiger partial charge on any atom is 0.264 e. The lowest BCUT2D eigenvalue weighted by Crippen LogP contribution is -2.54. The molecule has 2 fully saturated rings. The average molecular weight is 842 g/mol. The molecule has 1 unspecified atom stereocenters. The molecule has 4 amide bonds. The topological polar surface area (TPSA) is 178 Å². The standard InChI is InChI=1S/C42H49ClN9O6P/c1-50(21-8-7-20-44-32-12-9-10-28-37(32)41(56)52(40(28)55)33-16-17-36(53)48-39(33)54)26-18-22-51(23-19-26)27-14-15-30(34(24-27)58-2)47-42-45-25-29(43)38(49-42)46-31-11-5-6-13-35(31)59(3,4)57/h5-6,9-15,24-26,33,44H,7-8,16-23H2,1-4H3,(H,48,53,54)(H2,45,46,47,49). The maximum atomic E-state index is 13.4. The van der Waals surface area contributed by atoms with Crippen molar-refractivity contribution in [2.45, 2.75) is 50.6 Å². The normalized spacial score (nSPS) is 17.3. The van der Waals surface area contributed by atoms with Crippen molar-refractivity contribution in [1.29, 1.82) is 0 Å². The molecule has 2 saturated heterocycles. The van der Waals surface area contributed by atoms with Gasteiger partial charge in [-0.15, -0.1) is 0 Å². The van der Waals surface area contributed by atoms with Crippen molar-refractivity contribution in [2.24, 2.45) is 0 Å². The molecule has 0 spiro atoms. The fraction of sp³-hybridized carbons (Fsp3) is 0.381. The van der Waals surface area contributed by atoms with Gasteiger partial charge in [0.2, 0.25) is 17.8 Å². The average Bonchev–Trinajstić information content (AvgIpc) is 3.47. The lowest BCUT2D eigenvalue weighted by atomic mass is 10.0. The minimum absolute atomic E-state index is 0.0795. The Morgan fingerprint density at radius 1 is 0.932 bits per heavy atom. The summed E-state index contributed by atoms with van der Waals surface area (Å²) < 4.78 is 18.7. The highest BCUT2D eigenvalue weighted by Crippen LogP contribution is 2.39. The summed E-state index contributed by atoms with van der Waals surface area (Å²) in [7, 11) is 1.24. The van der Waals surface area contributed by atoms with Gasteiger partial charge in [-0.05, 0) is 95.4 Å². The van der Waals surface area contributed by atoms with Gasteiger partial charge in [0.1, 0.15) is 24.0 Å². The summed E-state index contributed by atoms with van der Waals surface area (Å²) in [5.41, 5.74) is 3.55. The minimum Gasteiger partial charge on any atom is -0.494 e. The van der Waals surface area contributed by atoms with Crippen LogP contribution in [0.5, 0.6) is 5.75 Å². The van der Waals surface area contributed by atoms with E-state index in [4.69, 9.17) is 16.3 Å². The number of hydrogen-bond acceptors (Lipinski definition) is 13. The molecule has 4 heterocycles. The summed E-state index contributed by atoms with van der Waals surface area (Å²) in [6, 6.07) is 18.0. The second kappa shape index (κ2) is 17.8. The van der Waals surface area contributed by atoms with E-state index in [1.165, 1.54) is 6.20 Å². The molecular weight excluding hydrogens is 793 g/mol. The molecule has 3 aromatic carbocycles. The van der Waals surface area contributed by atoms with E-state index in [0.29, 0.717) is 57.5 Å². The fourth-order valence-corrected chi connectivity index (χ4v) is 9.20. The molecule has 1 atom stereocenters. The van der Waals surface area contributed by atoms with Crippen LogP contribution < -0.4 is 36.2 Å². The number of unbranched alkanes of at least 4 members (excludes halogenated alkanes) is 1. The van der Waals surface area contributed by atoms with Gasteiger partial charge < -0.3 is 35.1 Å². The monoisotopic (exact) mass is 841 g/mol. The molecule has 4 aromatic rings. The number of methoxy groups -OCH3 is 1. The van der Waals surface area contributed by atoms with Gasteiger partial charge >= 0.3 is 0 Å². The second-order valence-corrected chi connectivity index (χ2v) is 19.0. The summed E-state index contributed by atoms with van der Waals surface area (Å²) in [6.45, 7) is 6.78. The summed E-state index contributed by atoms with van der Waals surface area (Å²) in [5, 5.41) is 13.1. The van der Waals surface area contributed by atoms with E-state index >= 15 is 0 Å². The van der Waals surface area contributed by atoms with Crippen LogP contribution in [0, 0.1) is 0 Å². The van der Waals surface area contributed by atoms with E-state index in [-0.39, 0.29) is 24.0 Å². The van der Waals surface area contributed by atoms with E-state index in [2.05, 4.69) is 54.1 Å². The van der Waals surface area contributed by atoms with Crippen LogP contribution >= 0.6 is 18.7 Å². The maximum absolute atomic E-state index is 13.4. The number of anilines is 6. The quantitative estimate of drug-likeness (QED) is 0.0617. The lowest BCUT2D eigenvalue weighted by Gasteiger charge is -2.38. The van der Waals surface area contributed by atoms with Crippen LogP contribution in [-0.4, -0.2) is 109 Å². The predicted octanol–water partition coefficient (Wildman–Crippen LogP) is 6.07. The Bertz CT molecular complexity index is 2310. The van der Waals surface area contributed by atoms with Gasteiger partial charge in [0, 0.05) is 54.8 Å². The molecule has 1 aromatic heterocycles. The Hall–Kier alpha value is -5.50. The Morgan fingerprint density at radius 3 is 2.44 bits per heavy atom. The molecule has 0 radical (unpaired) electrons. The number of nitrogens with zero attached hydrogens (tertiary/aromatic N) is 5. The Kier molecular flexibility index (Phi) is 12.6. The van der Waals surface area contributed by atoms with E-state index < -0.39 is 36.8 Å². The lowest BCUT2D eigenvalue weighted by molar-refractivity contribution is -0.136. The number of fused-ring (bicyclic) bond motifs is 1. The van der Waals surface area contributed by atoms with Crippen molar-refractivity contribution in [3.8, 4) is 5.75 Å². The van der Waals surface area contributed by atoms with Crippen LogP contribution in [0.4, 0.5) is 34.5 Å². The minimum atomic E-state index is -2.56. The number of nitrogens with one attached hydrogen (secondary N) is 4. The third-order valence-electron chi connectivity index (χ3n) is 11.1. The van der Waals surface area contributed by atoms with Crippen molar-refractivity contribution in [3.63, 3.8) is 0 Å². The summed E-state index contributed by atoms with van der Waals surface area (Å²) in [5.74, 6) is -0.688. The summed E-state index contributed by atoms with van der Waals surface area (Å²) in [6.07, 6.45) is 5.54. The molecule has 59 heavy (non-hydrogen) atoms. The highest BCUT2D eigenvalue weighted by Gasteiger charge is 2.45. The number of carbonyl (C=O) groups excluding carboxylic acids is 4. The third-order valence-corrected chi connectivity index (χ3v) is 12.9. The van der Waals surface area contributed by atoms with Crippen LogP contribution in [0.25, 0.3) is 0 Å². The van der Waals surface area contributed by atoms with Gasteiger partial charge in [0.25, 0.3) is 11.8 Å². The smallest absolute Gasteiger partial charge is 0.264 e. The van der Waals surface area contributed by atoms with Gasteiger partial charge in [-0.25, -0.2) is 4.98 Å². The van der Waals surface area contributed by atoms with Gasteiger partial charge in [-0.1, -0.05) is 29.8 Å². The van der Waals surface area contributed by atoms with Gasteiger partial charge in [0.05, 0.1) is 35.8 Å². The van der Waals surface area contributed by atoms with Crippen molar-refractivity contribution >= 4 is 82.2 Å².